The summed E-state index contributed by atoms with van der Waals surface area (Å²) in [5.41, 5.74) is 0.689. The largest absolute Gasteiger partial charge is 0.469 e. The van der Waals surface area contributed by atoms with E-state index in [2.05, 4.69) is 42.4 Å². The van der Waals surface area contributed by atoms with Crippen LogP contribution in [0.25, 0.3) is 0 Å². The molecule has 1 unspecified atom stereocenters. The molecule has 1 aliphatic rings. The lowest BCUT2D eigenvalue weighted by atomic mass is 10.0. The Balaban J connectivity index is -0.000000481. The van der Waals surface area contributed by atoms with Crippen LogP contribution in [0.2, 0.25) is 0 Å². The fourth-order valence-corrected chi connectivity index (χ4v) is 2.87. The van der Waals surface area contributed by atoms with Crippen molar-refractivity contribution in [1.29, 1.82) is 0 Å². The number of benzene rings is 1. The summed E-state index contributed by atoms with van der Waals surface area (Å²) in [7, 11) is 1.35. The van der Waals surface area contributed by atoms with Gasteiger partial charge >= 0.3 is 23.9 Å². The first kappa shape index (κ1) is 44.2. The second-order valence-corrected chi connectivity index (χ2v) is 11.3. The second-order valence-electron chi connectivity index (χ2n) is 11.3. The van der Waals surface area contributed by atoms with Gasteiger partial charge in [0.25, 0.3) is 0 Å². The van der Waals surface area contributed by atoms with Crippen LogP contribution in [0.4, 0.5) is 0 Å². The van der Waals surface area contributed by atoms with Crippen LogP contribution in [-0.2, 0) is 49.5 Å². The quantitative estimate of drug-likeness (QED) is 0.185. The highest BCUT2D eigenvalue weighted by molar-refractivity contribution is 5.66. The van der Waals surface area contributed by atoms with E-state index in [1.165, 1.54) is 47.6 Å². The first-order valence-electron chi connectivity index (χ1n) is 14.7. The molecule has 9 heteroatoms. The fourth-order valence-electron chi connectivity index (χ4n) is 2.87. The molecule has 0 heterocycles. The molecule has 0 saturated carbocycles. The fraction of sp³-hybridized carbons (Fsp3) is 0.647. The monoisotopic (exact) mass is 610 g/mol. The van der Waals surface area contributed by atoms with Gasteiger partial charge in [-0.25, -0.2) is 0 Å². The van der Waals surface area contributed by atoms with Gasteiger partial charge < -0.3 is 23.7 Å². The van der Waals surface area contributed by atoms with Crippen LogP contribution in [0.1, 0.15) is 108 Å². The zero-order valence-electron chi connectivity index (χ0n) is 28.9. The zero-order chi connectivity index (χ0) is 34.0. The van der Waals surface area contributed by atoms with Gasteiger partial charge in [-0.2, -0.15) is 0 Å². The Morgan fingerprint density at radius 3 is 1.63 bits per heavy atom. The average Bonchev–Trinajstić information content (AvgIpc) is 2.88. The van der Waals surface area contributed by atoms with E-state index in [1.54, 1.807) is 0 Å². The van der Waals surface area contributed by atoms with E-state index >= 15 is 0 Å². The first-order valence-corrected chi connectivity index (χ1v) is 14.7. The van der Waals surface area contributed by atoms with Crippen LogP contribution in [0, 0.1) is 5.92 Å². The number of rotatable bonds is 6. The van der Waals surface area contributed by atoms with Crippen molar-refractivity contribution in [2.24, 2.45) is 5.92 Å². The Morgan fingerprint density at radius 1 is 0.814 bits per heavy atom. The van der Waals surface area contributed by atoms with Crippen LogP contribution in [0.15, 0.2) is 42.5 Å². The van der Waals surface area contributed by atoms with E-state index in [-0.39, 0.29) is 35.6 Å². The smallest absolute Gasteiger partial charge is 0.303 e. The maximum atomic E-state index is 10.4. The molecule has 9 nitrogen and oxygen atoms in total. The molecular formula is C34H58O9. The molecule has 1 aliphatic carbocycles. The van der Waals surface area contributed by atoms with Gasteiger partial charge in [-0.05, 0) is 72.3 Å². The number of ether oxygens (including phenoxy) is 5. The molecule has 1 aromatic carbocycles. The Kier molecular flexibility index (Phi) is 27.2. The molecule has 1 aromatic rings. The van der Waals surface area contributed by atoms with E-state index in [9.17, 15) is 19.2 Å². The van der Waals surface area contributed by atoms with E-state index in [4.69, 9.17) is 14.2 Å². The van der Waals surface area contributed by atoms with Crippen LogP contribution < -0.4 is 0 Å². The number of methoxy groups -OCH3 is 1. The van der Waals surface area contributed by atoms with Crippen molar-refractivity contribution in [3.63, 3.8) is 0 Å². The second kappa shape index (κ2) is 26.4. The Labute approximate surface area is 260 Å². The average molecular weight is 611 g/mol. The topological polar surface area (TPSA) is 114 Å². The van der Waals surface area contributed by atoms with E-state index in [1.807, 2.05) is 65.0 Å². The van der Waals surface area contributed by atoms with Crippen LogP contribution in [0.3, 0.4) is 0 Å². The maximum absolute atomic E-state index is 10.4. The molecular weight excluding hydrogens is 552 g/mol. The summed E-state index contributed by atoms with van der Waals surface area (Å²) < 4.78 is 24.2. The Morgan fingerprint density at radius 2 is 1.35 bits per heavy atom. The molecule has 248 valence electrons. The standard InChI is InChI=1S/C11H20O.C9H10O2.C6H12O2.C5H10O2.C3H6O2/c1-9(2)10(3)12-11-7-5-4-6-8-11;1-8(10)11-7-9-5-3-2-4-6-9;1-5(7)8-6(2,3)4;1-4(2)7-5(3)6;1-3(4)5-2/h4-5,9-11H,6-8H2,1-3H3;2-6H,7H2,1H3;1-4H3;4H,1-3H3;1-2H3/t10-,11?;;;;/m0..../s1. The van der Waals surface area contributed by atoms with Gasteiger partial charge in [-0.15, -0.1) is 0 Å². The van der Waals surface area contributed by atoms with Crippen LogP contribution in [-0.4, -0.2) is 54.9 Å². The minimum Gasteiger partial charge on any atom is -0.469 e. The van der Waals surface area contributed by atoms with E-state index < -0.39 is 0 Å². The van der Waals surface area contributed by atoms with Crippen molar-refractivity contribution in [1.82, 2.24) is 0 Å². The predicted molar refractivity (Wildman–Crippen MR) is 170 cm³/mol. The van der Waals surface area contributed by atoms with Crippen molar-refractivity contribution in [2.45, 2.75) is 133 Å². The third-order valence-electron chi connectivity index (χ3n) is 4.99. The molecule has 2 rings (SSSR count). The number of carbonyl (C=O) groups excluding carboxylic acids is 4. The summed E-state index contributed by atoms with van der Waals surface area (Å²) in [5.74, 6) is -0.290. The van der Waals surface area contributed by atoms with Crippen LogP contribution >= 0.6 is 0 Å². The lowest BCUT2D eigenvalue weighted by Gasteiger charge is -2.25. The molecule has 0 aromatic heterocycles. The van der Waals surface area contributed by atoms with Crippen LogP contribution in [0.5, 0.6) is 0 Å². The minimum absolute atomic E-state index is 0.0255. The van der Waals surface area contributed by atoms with Gasteiger partial charge in [-0.3, -0.25) is 19.2 Å². The normalized spacial score (nSPS) is 14.0. The molecule has 0 saturated heterocycles. The highest BCUT2D eigenvalue weighted by atomic mass is 16.6. The summed E-state index contributed by atoms with van der Waals surface area (Å²) in [5, 5.41) is 0. The highest BCUT2D eigenvalue weighted by Gasteiger charge is 2.15. The summed E-state index contributed by atoms with van der Waals surface area (Å²) in [6.07, 6.45) is 8.90. The van der Waals surface area contributed by atoms with Crippen molar-refractivity contribution >= 4 is 23.9 Å². The number of carbonyl (C=O) groups is 4. The Hall–Kier alpha value is -3.20. The summed E-state index contributed by atoms with van der Waals surface area (Å²) in [6, 6.07) is 9.60. The zero-order valence-corrected chi connectivity index (χ0v) is 28.9. The van der Waals surface area contributed by atoms with E-state index in [0.717, 1.165) is 12.0 Å². The summed E-state index contributed by atoms with van der Waals surface area (Å²) in [4.78, 5) is 40.3. The minimum atomic E-state index is -0.328. The number of hydrogen-bond acceptors (Lipinski definition) is 9. The molecule has 0 N–H and O–H groups in total. The predicted octanol–water partition coefficient (Wildman–Crippen LogP) is 7.39. The van der Waals surface area contributed by atoms with Crippen molar-refractivity contribution in [3.05, 3.63) is 48.0 Å². The molecule has 0 spiro atoms. The third-order valence-corrected chi connectivity index (χ3v) is 4.99. The van der Waals surface area contributed by atoms with Gasteiger partial charge in [-0.1, -0.05) is 56.3 Å². The summed E-state index contributed by atoms with van der Waals surface area (Å²) >= 11 is 0. The van der Waals surface area contributed by atoms with Gasteiger partial charge in [0.05, 0.1) is 25.4 Å². The van der Waals surface area contributed by atoms with Crippen molar-refractivity contribution < 1.29 is 42.9 Å². The van der Waals surface area contributed by atoms with Crippen molar-refractivity contribution in [2.75, 3.05) is 7.11 Å². The highest BCUT2D eigenvalue weighted by Crippen LogP contribution is 2.18. The lowest BCUT2D eigenvalue weighted by molar-refractivity contribution is -0.152. The Bertz CT molecular complexity index is 900. The third kappa shape index (κ3) is 38.8. The molecule has 0 fully saturated rings. The maximum Gasteiger partial charge on any atom is 0.303 e. The molecule has 0 bridgehead atoms. The van der Waals surface area contributed by atoms with Gasteiger partial charge in [0.2, 0.25) is 0 Å². The first-order chi connectivity index (χ1) is 19.8. The van der Waals surface area contributed by atoms with Crippen molar-refractivity contribution in [3.8, 4) is 0 Å². The van der Waals surface area contributed by atoms with E-state index in [0.29, 0.717) is 24.7 Å². The molecule has 43 heavy (non-hydrogen) atoms. The molecule has 0 aliphatic heterocycles. The molecule has 2 atom stereocenters. The number of esters is 4. The number of hydrogen-bond donors (Lipinski definition) is 0. The summed E-state index contributed by atoms with van der Waals surface area (Å²) in [6.45, 7) is 21.7. The SMILES string of the molecule is CC(=O)OC(C)(C)C.CC(=O)OC(C)C.CC(=O)OCc1ccccc1.CC(C)[C@H](C)OC1CC=CCC1.COC(C)=O. The molecule has 0 amide bonds. The van der Waals surface area contributed by atoms with Gasteiger partial charge in [0.1, 0.15) is 12.2 Å². The van der Waals surface area contributed by atoms with Gasteiger partial charge in [0, 0.05) is 27.7 Å². The van der Waals surface area contributed by atoms with Gasteiger partial charge in [0.15, 0.2) is 0 Å². The lowest BCUT2D eigenvalue weighted by Crippen LogP contribution is -2.24. The molecule has 0 radical (unpaired) electrons. The number of allylic oxidation sites excluding steroid dienone is 1.